The topological polar surface area (TPSA) is 55.1 Å². The van der Waals surface area contributed by atoms with Crippen molar-refractivity contribution >= 4 is 5.91 Å². The molecule has 0 spiro atoms. The van der Waals surface area contributed by atoms with E-state index in [2.05, 4.69) is 19.2 Å². The van der Waals surface area contributed by atoms with E-state index in [4.69, 9.17) is 5.73 Å². The van der Waals surface area contributed by atoms with Crippen molar-refractivity contribution in [2.45, 2.75) is 69.9 Å². The third-order valence-electron chi connectivity index (χ3n) is 4.17. The molecule has 2 fully saturated rings. The third-order valence-corrected chi connectivity index (χ3v) is 4.17. The highest BCUT2D eigenvalue weighted by molar-refractivity contribution is 5.78. The number of amides is 1. The van der Waals surface area contributed by atoms with Crippen molar-refractivity contribution in [2.24, 2.45) is 11.7 Å². The Kier molecular flexibility index (Phi) is 2.99. The van der Waals surface area contributed by atoms with Crippen LogP contribution in [0.2, 0.25) is 0 Å². The van der Waals surface area contributed by atoms with E-state index in [1.165, 1.54) is 25.7 Å². The number of rotatable bonds is 4. The van der Waals surface area contributed by atoms with Crippen LogP contribution in [0.1, 0.15) is 58.8 Å². The Balaban J connectivity index is 1.83. The first-order valence-electron chi connectivity index (χ1n) is 6.51. The van der Waals surface area contributed by atoms with Gasteiger partial charge in [0.05, 0.1) is 0 Å². The summed E-state index contributed by atoms with van der Waals surface area (Å²) >= 11 is 0. The molecule has 0 aromatic rings. The van der Waals surface area contributed by atoms with Gasteiger partial charge in [-0.2, -0.15) is 0 Å². The maximum Gasteiger partial charge on any atom is 0.222 e. The summed E-state index contributed by atoms with van der Waals surface area (Å²) in [6.45, 7) is 4.25. The van der Waals surface area contributed by atoms with Gasteiger partial charge >= 0.3 is 0 Å². The molecule has 0 heterocycles. The SMILES string of the molecule is CC(C)(NC(=O)CC1(N)CCCC1)C1CC1. The van der Waals surface area contributed by atoms with Crippen LogP contribution >= 0.6 is 0 Å². The smallest absolute Gasteiger partial charge is 0.222 e. The second kappa shape index (κ2) is 4.02. The second-order valence-electron chi connectivity index (χ2n) is 6.29. The van der Waals surface area contributed by atoms with Crippen molar-refractivity contribution in [3.8, 4) is 0 Å². The highest BCUT2D eigenvalue weighted by Crippen LogP contribution is 2.39. The summed E-state index contributed by atoms with van der Waals surface area (Å²) in [5.74, 6) is 0.815. The van der Waals surface area contributed by atoms with Crippen molar-refractivity contribution in [1.29, 1.82) is 0 Å². The van der Waals surface area contributed by atoms with Crippen LogP contribution in [-0.2, 0) is 4.79 Å². The Morgan fingerprint density at radius 3 is 2.44 bits per heavy atom. The predicted octanol–water partition coefficient (Wildman–Crippen LogP) is 1.95. The molecule has 1 amide bonds. The lowest BCUT2D eigenvalue weighted by molar-refractivity contribution is -0.124. The van der Waals surface area contributed by atoms with Gasteiger partial charge in [0.15, 0.2) is 0 Å². The van der Waals surface area contributed by atoms with E-state index in [0.29, 0.717) is 12.3 Å². The maximum absolute atomic E-state index is 12.0. The molecule has 3 N–H and O–H groups in total. The van der Waals surface area contributed by atoms with Crippen molar-refractivity contribution in [3.05, 3.63) is 0 Å². The molecule has 92 valence electrons. The van der Waals surface area contributed by atoms with Crippen LogP contribution in [0.15, 0.2) is 0 Å². The molecule has 0 aliphatic heterocycles. The normalized spacial score (nSPS) is 24.4. The molecule has 3 nitrogen and oxygen atoms in total. The van der Waals surface area contributed by atoms with Crippen LogP contribution in [0.4, 0.5) is 0 Å². The highest BCUT2D eigenvalue weighted by atomic mass is 16.1. The molecule has 2 aliphatic rings. The molecule has 0 atom stereocenters. The molecule has 0 saturated heterocycles. The van der Waals surface area contributed by atoms with Crippen LogP contribution in [0.5, 0.6) is 0 Å². The zero-order valence-electron chi connectivity index (χ0n) is 10.5. The minimum Gasteiger partial charge on any atom is -0.351 e. The monoisotopic (exact) mass is 224 g/mol. The average molecular weight is 224 g/mol. The van der Waals surface area contributed by atoms with Gasteiger partial charge in [0, 0.05) is 17.5 Å². The fourth-order valence-corrected chi connectivity index (χ4v) is 2.89. The van der Waals surface area contributed by atoms with E-state index >= 15 is 0 Å². The highest BCUT2D eigenvalue weighted by Gasteiger charge is 2.40. The molecular weight excluding hydrogens is 200 g/mol. The molecule has 2 saturated carbocycles. The van der Waals surface area contributed by atoms with Gasteiger partial charge in [-0.3, -0.25) is 4.79 Å². The number of carbonyl (C=O) groups excluding carboxylic acids is 1. The summed E-state index contributed by atoms with van der Waals surface area (Å²) < 4.78 is 0. The fraction of sp³-hybridized carbons (Fsp3) is 0.923. The molecular formula is C13H24N2O. The number of nitrogens with two attached hydrogens (primary N) is 1. The van der Waals surface area contributed by atoms with E-state index < -0.39 is 0 Å². The number of nitrogens with one attached hydrogen (secondary N) is 1. The Hall–Kier alpha value is -0.570. The van der Waals surface area contributed by atoms with Gasteiger partial charge in [0.2, 0.25) is 5.91 Å². The minimum absolute atomic E-state index is 0.0357. The van der Waals surface area contributed by atoms with Crippen molar-refractivity contribution in [1.82, 2.24) is 5.32 Å². The zero-order valence-corrected chi connectivity index (χ0v) is 10.5. The van der Waals surface area contributed by atoms with E-state index in [9.17, 15) is 4.79 Å². The van der Waals surface area contributed by atoms with Gasteiger partial charge in [0.25, 0.3) is 0 Å². The maximum atomic E-state index is 12.0. The fourth-order valence-electron chi connectivity index (χ4n) is 2.89. The predicted molar refractivity (Wildman–Crippen MR) is 64.9 cm³/mol. The van der Waals surface area contributed by atoms with E-state index in [1.807, 2.05) is 0 Å². The molecule has 0 unspecified atom stereocenters. The lowest BCUT2D eigenvalue weighted by Crippen LogP contribution is -2.49. The molecule has 2 rings (SSSR count). The quantitative estimate of drug-likeness (QED) is 0.767. The second-order valence-corrected chi connectivity index (χ2v) is 6.29. The average Bonchev–Trinajstić information content (AvgIpc) is 2.90. The van der Waals surface area contributed by atoms with Gasteiger partial charge in [0.1, 0.15) is 0 Å². The Labute approximate surface area is 98.2 Å². The molecule has 16 heavy (non-hydrogen) atoms. The first-order valence-corrected chi connectivity index (χ1v) is 6.51. The summed E-state index contributed by atoms with van der Waals surface area (Å²) in [5.41, 5.74) is 5.96. The molecule has 0 bridgehead atoms. The van der Waals surface area contributed by atoms with Crippen molar-refractivity contribution < 1.29 is 4.79 Å². The van der Waals surface area contributed by atoms with Crippen LogP contribution in [0.25, 0.3) is 0 Å². The van der Waals surface area contributed by atoms with E-state index in [-0.39, 0.29) is 17.0 Å². The minimum atomic E-state index is -0.219. The summed E-state index contributed by atoms with van der Waals surface area (Å²) in [7, 11) is 0. The summed E-state index contributed by atoms with van der Waals surface area (Å²) in [6.07, 6.45) is 7.37. The standard InChI is InChI=1S/C13H24N2O/c1-12(2,10-5-6-10)15-11(16)9-13(14)7-3-4-8-13/h10H,3-9,14H2,1-2H3,(H,15,16). The van der Waals surface area contributed by atoms with E-state index in [1.54, 1.807) is 0 Å². The summed E-state index contributed by atoms with van der Waals surface area (Å²) in [6, 6.07) is 0. The Morgan fingerprint density at radius 2 is 1.94 bits per heavy atom. The molecule has 3 heteroatoms. The van der Waals surface area contributed by atoms with Crippen LogP contribution in [0, 0.1) is 5.92 Å². The Morgan fingerprint density at radius 1 is 1.38 bits per heavy atom. The van der Waals surface area contributed by atoms with Gasteiger partial charge in [-0.1, -0.05) is 12.8 Å². The van der Waals surface area contributed by atoms with Gasteiger partial charge < -0.3 is 11.1 Å². The number of hydrogen-bond acceptors (Lipinski definition) is 2. The van der Waals surface area contributed by atoms with Crippen LogP contribution in [-0.4, -0.2) is 17.0 Å². The first-order chi connectivity index (χ1) is 7.41. The van der Waals surface area contributed by atoms with Crippen molar-refractivity contribution in [3.63, 3.8) is 0 Å². The first kappa shape index (κ1) is 11.9. The molecule has 0 radical (unpaired) electrons. The van der Waals surface area contributed by atoms with Gasteiger partial charge in [-0.25, -0.2) is 0 Å². The van der Waals surface area contributed by atoms with Crippen LogP contribution < -0.4 is 11.1 Å². The zero-order chi connectivity index (χ0) is 11.8. The Bertz CT molecular complexity index is 267. The van der Waals surface area contributed by atoms with Crippen LogP contribution in [0.3, 0.4) is 0 Å². The van der Waals surface area contributed by atoms with Gasteiger partial charge in [-0.05, 0) is 45.4 Å². The van der Waals surface area contributed by atoms with Crippen molar-refractivity contribution in [2.75, 3.05) is 0 Å². The molecule has 0 aromatic carbocycles. The molecule has 0 aromatic heterocycles. The third kappa shape index (κ3) is 2.76. The molecule has 2 aliphatic carbocycles. The van der Waals surface area contributed by atoms with E-state index in [0.717, 1.165) is 12.8 Å². The summed E-state index contributed by atoms with van der Waals surface area (Å²) in [5, 5.41) is 3.15. The largest absolute Gasteiger partial charge is 0.351 e. The number of carbonyl (C=O) groups is 1. The summed E-state index contributed by atoms with van der Waals surface area (Å²) in [4.78, 5) is 12.0. The van der Waals surface area contributed by atoms with Gasteiger partial charge in [-0.15, -0.1) is 0 Å². The lowest BCUT2D eigenvalue weighted by Gasteiger charge is -2.29. The number of hydrogen-bond donors (Lipinski definition) is 2. The lowest BCUT2D eigenvalue weighted by atomic mass is 9.92.